The molecule has 68 valence electrons. The third-order valence-corrected chi connectivity index (χ3v) is 1.75. The lowest BCUT2D eigenvalue weighted by molar-refractivity contribution is 0.150. The molecule has 0 atom stereocenters. The van der Waals surface area contributed by atoms with Crippen LogP contribution in [0.15, 0.2) is 6.20 Å². The van der Waals surface area contributed by atoms with Crippen molar-refractivity contribution in [1.29, 1.82) is 5.26 Å². The Bertz CT molecular complexity index is 375. The molecule has 0 saturated heterocycles. The van der Waals surface area contributed by atoms with Crippen molar-refractivity contribution in [2.24, 2.45) is 0 Å². The smallest absolute Gasteiger partial charge is 0.268 e. The fourth-order valence-corrected chi connectivity index (χ4v) is 1.00. The van der Waals surface area contributed by atoms with Gasteiger partial charge >= 0.3 is 0 Å². The van der Waals surface area contributed by atoms with E-state index in [2.05, 4.69) is 4.98 Å². The Morgan fingerprint density at radius 2 is 2.23 bits per heavy atom. The maximum Gasteiger partial charge on any atom is 0.268 e. The molecule has 1 heterocycles. The van der Waals surface area contributed by atoms with Gasteiger partial charge in [-0.1, -0.05) is 11.6 Å². The summed E-state index contributed by atoms with van der Waals surface area (Å²) in [5, 5.41) is 16.8. The minimum atomic E-state index is -2.93. The molecule has 0 amide bonds. The Hall–Kier alpha value is -1.41. The number of alkyl halides is 2. The first-order chi connectivity index (χ1) is 6.07. The maximum atomic E-state index is 12.3. The van der Waals surface area contributed by atoms with Gasteiger partial charge in [-0.2, -0.15) is 5.26 Å². The molecule has 1 aromatic heterocycles. The zero-order valence-corrected chi connectivity index (χ0v) is 6.89. The number of nitriles is 1. The number of rotatable bonds is 1. The standard InChI is InChI=1S/C7H3ClF2N2O/c8-6-4(13)2-12-3(1-11)5(6)7(9)10/h2,7,13H. The highest BCUT2D eigenvalue weighted by atomic mass is 35.5. The highest BCUT2D eigenvalue weighted by molar-refractivity contribution is 6.32. The normalized spacial score (nSPS) is 10.1. The van der Waals surface area contributed by atoms with Crippen LogP contribution in [-0.2, 0) is 0 Å². The van der Waals surface area contributed by atoms with Crippen molar-refractivity contribution in [2.45, 2.75) is 6.43 Å². The molecule has 1 rings (SSSR count). The van der Waals surface area contributed by atoms with Crippen molar-refractivity contribution in [1.82, 2.24) is 4.98 Å². The van der Waals surface area contributed by atoms with Crippen LogP contribution in [-0.4, -0.2) is 10.1 Å². The molecule has 13 heavy (non-hydrogen) atoms. The van der Waals surface area contributed by atoms with Crippen LogP contribution in [0.3, 0.4) is 0 Å². The van der Waals surface area contributed by atoms with Crippen molar-refractivity contribution < 1.29 is 13.9 Å². The van der Waals surface area contributed by atoms with Crippen molar-refractivity contribution in [3.8, 4) is 11.8 Å². The number of nitrogens with zero attached hydrogens (tertiary/aromatic N) is 2. The molecule has 0 saturated carbocycles. The lowest BCUT2D eigenvalue weighted by Crippen LogP contribution is -1.95. The van der Waals surface area contributed by atoms with E-state index in [-0.39, 0.29) is 0 Å². The Morgan fingerprint density at radius 1 is 1.62 bits per heavy atom. The van der Waals surface area contributed by atoms with Gasteiger partial charge in [0.05, 0.1) is 16.8 Å². The van der Waals surface area contributed by atoms with Crippen LogP contribution in [0.5, 0.6) is 5.75 Å². The Balaban J connectivity index is 3.43. The van der Waals surface area contributed by atoms with E-state index in [1.807, 2.05) is 0 Å². The van der Waals surface area contributed by atoms with E-state index in [4.69, 9.17) is 22.0 Å². The van der Waals surface area contributed by atoms with Crippen molar-refractivity contribution in [3.05, 3.63) is 22.5 Å². The van der Waals surface area contributed by atoms with Crippen LogP contribution < -0.4 is 0 Å². The van der Waals surface area contributed by atoms with Crippen LogP contribution >= 0.6 is 11.6 Å². The van der Waals surface area contributed by atoms with Gasteiger partial charge < -0.3 is 5.11 Å². The zero-order valence-electron chi connectivity index (χ0n) is 6.13. The molecule has 1 aromatic rings. The van der Waals surface area contributed by atoms with E-state index in [9.17, 15) is 8.78 Å². The topological polar surface area (TPSA) is 56.9 Å². The van der Waals surface area contributed by atoms with E-state index < -0.39 is 28.5 Å². The first-order valence-electron chi connectivity index (χ1n) is 3.13. The highest BCUT2D eigenvalue weighted by Gasteiger charge is 2.20. The molecule has 0 aliphatic carbocycles. The molecule has 0 bridgehead atoms. The van der Waals surface area contributed by atoms with Crippen LogP contribution in [0.4, 0.5) is 8.78 Å². The quantitative estimate of drug-likeness (QED) is 0.763. The SMILES string of the molecule is N#Cc1ncc(O)c(Cl)c1C(F)F. The average Bonchev–Trinajstić information content (AvgIpc) is 2.08. The minimum absolute atomic E-state index is 0.474. The van der Waals surface area contributed by atoms with Crippen molar-refractivity contribution >= 4 is 11.6 Å². The summed E-state index contributed by atoms with van der Waals surface area (Å²) in [4.78, 5) is 3.30. The summed E-state index contributed by atoms with van der Waals surface area (Å²) < 4.78 is 24.5. The summed E-state index contributed by atoms with van der Waals surface area (Å²) in [5.41, 5.74) is -1.21. The second kappa shape index (κ2) is 3.54. The molecule has 0 unspecified atom stereocenters. The average molecular weight is 205 g/mol. The van der Waals surface area contributed by atoms with Gasteiger partial charge in [0.25, 0.3) is 6.43 Å². The number of hydrogen-bond donors (Lipinski definition) is 1. The molecule has 6 heteroatoms. The van der Waals surface area contributed by atoms with Gasteiger partial charge in [0.15, 0.2) is 11.4 Å². The Kier molecular flexibility index (Phi) is 2.63. The largest absolute Gasteiger partial charge is 0.505 e. The third kappa shape index (κ3) is 1.68. The predicted molar refractivity (Wildman–Crippen MR) is 40.6 cm³/mol. The molecule has 0 fully saturated rings. The molecule has 3 nitrogen and oxygen atoms in total. The van der Waals surface area contributed by atoms with Crippen LogP contribution in [0, 0.1) is 11.3 Å². The van der Waals surface area contributed by atoms with E-state index in [0.717, 1.165) is 6.20 Å². The molecule has 0 radical (unpaired) electrons. The second-order valence-electron chi connectivity index (χ2n) is 2.13. The lowest BCUT2D eigenvalue weighted by atomic mass is 10.2. The van der Waals surface area contributed by atoms with Crippen molar-refractivity contribution in [2.75, 3.05) is 0 Å². The molecule has 0 aliphatic heterocycles. The van der Waals surface area contributed by atoms with Crippen LogP contribution in [0.1, 0.15) is 17.7 Å². The molecular formula is C7H3ClF2N2O. The van der Waals surface area contributed by atoms with Crippen molar-refractivity contribution in [3.63, 3.8) is 0 Å². The number of halogens is 3. The van der Waals surface area contributed by atoms with Gasteiger partial charge in [-0.05, 0) is 0 Å². The van der Waals surface area contributed by atoms with Crippen LogP contribution in [0.2, 0.25) is 5.02 Å². The summed E-state index contributed by atoms with van der Waals surface area (Å²) in [6, 6.07) is 1.46. The monoisotopic (exact) mass is 204 g/mol. The summed E-state index contributed by atoms with van der Waals surface area (Å²) in [7, 11) is 0. The highest BCUT2D eigenvalue weighted by Crippen LogP contribution is 2.34. The number of aromatic hydroxyl groups is 1. The molecule has 1 N–H and O–H groups in total. The third-order valence-electron chi connectivity index (χ3n) is 1.36. The maximum absolute atomic E-state index is 12.3. The first-order valence-corrected chi connectivity index (χ1v) is 3.51. The number of aromatic nitrogens is 1. The van der Waals surface area contributed by atoms with Gasteiger partial charge in [0.2, 0.25) is 0 Å². The fourth-order valence-electron chi connectivity index (χ4n) is 0.782. The van der Waals surface area contributed by atoms with E-state index >= 15 is 0 Å². The van der Waals surface area contributed by atoms with Crippen LogP contribution in [0.25, 0.3) is 0 Å². The Morgan fingerprint density at radius 3 is 2.69 bits per heavy atom. The summed E-state index contributed by atoms with van der Waals surface area (Å²) in [5.74, 6) is -0.559. The molecular weight excluding hydrogens is 202 g/mol. The van der Waals surface area contributed by atoms with Gasteiger partial charge in [-0.3, -0.25) is 0 Å². The minimum Gasteiger partial charge on any atom is -0.505 e. The zero-order chi connectivity index (χ0) is 10.0. The molecule has 0 aliphatic rings. The molecule has 0 spiro atoms. The van der Waals surface area contributed by atoms with Gasteiger partial charge in [-0.15, -0.1) is 0 Å². The predicted octanol–water partition coefficient (Wildman–Crippen LogP) is 2.25. The molecule has 0 aromatic carbocycles. The van der Waals surface area contributed by atoms with E-state index in [1.165, 1.54) is 6.07 Å². The summed E-state index contributed by atoms with van der Waals surface area (Å²) >= 11 is 5.35. The number of pyridine rings is 1. The van der Waals surface area contributed by atoms with E-state index in [1.54, 1.807) is 0 Å². The first kappa shape index (κ1) is 9.68. The lowest BCUT2D eigenvalue weighted by Gasteiger charge is -2.05. The fraction of sp³-hybridized carbons (Fsp3) is 0.143. The van der Waals surface area contributed by atoms with Gasteiger partial charge in [-0.25, -0.2) is 13.8 Å². The number of hydrogen-bond acceptors (Lipinski definition) is 3. The Labute approximate surface area is 77.2 Å². The summed E-state index contributed by atoms with van der Waals surface area (Å²) in [6.45, 7) is 0. The van der Waals surface area contributed by atoms with Gasteiger partial charge in [0, 0.05) is 0 Å². The second-order valence-corrected chi connectivity index (χ2v) is 2.51. The van der Waals surface area contributed by atoms with Gasteiger partial charge in [0.1, 0.15) is 6.07 Å². The van der Waals surface area contributed by atoms with E-state index in [0.29, 0.717) is 0 Å². The summed E-state index contributed by atoms with van der Waals surface area (Å²) in [6.07, 6.45) is -2.08.